The molecule has 0 aliphatic carbocycles. The second kappa shape index (κ2) is 3.70. The van der Waals surface area contributed by atoms with Crippen molar-refractivity contribution in [1.29, 1.82) is 0 Å². The molecule has 0 saturated heterocycles. The first-order valence-electron chi connectivity index (χ1n) is 3.26. The van der Waals surface area contributed by atoms with Gasteiger partial charge in [0.2, 0.25) is 5.78 Å². The molecule has 0 atom stereocenters. The maximum atomic E-state index is 12.1. The molecule has 0 saturated carbocycles. The number of aliphatic imine (C=N–C) groups is 1. The van der Waals surface area contributed by atoms with E-state index < -0.39 is 11.2 Å². The van der Waals surface area contributed by atoms with Gasteiger partial charge in [0, 0.05) is 12.3 Å². The highest BCUT2D eigenvalue weighted by atomic mass is 35.5. The summed E-state index contributed by atoms with van der Waals surface area (Å²) in [5, 5.41) is -3.29. The summed E-state index contributed by atoms with van der Waals surface area (Å²) in [5.41, 5.74) is 0. The lowest BCUT2D eigenvalue weighted by atomic mass is 10.3. The maximum Gasteiger partial charge on any atom is 0.380 e. The topological polar surface area (TPSA) is 29.4 Å². The van der Waals surface area contributed by atoms with Crippen molar-refractivity contribution in [1.82, 2.24) is 0 Å². The van der Waals surface area contributed by atoms with Crippen LogP contribution in [0.1, 0.15) is 6.42 Å². The number of Topliss-reactive ketones (excluding diaryl/α,β-unsaturated/α-hetero) is 1. The Morgan fingerprint density at radius 3 is 2.83 bits per heavy atom. The van der Waals surface area contributed by atoms with Crippen LogP contribution in [0.3, 0.4) is 0 Å². The third-order valence-electron chi connectivity index (χ3n) is 1.28. The van der Waals surface area contributed by atoms with Gasteiger partial charge in [-0.1, -0.05) is 0 Å². The highest BCUT2D eigenvalue weighted by molar-refractivity contribution is 8.14. The third kappa shape index (κ3) is 2.71. The van der Waals surface area contributed by atoms with Crippen molar-refractivity contribution >= 4 is 34.2 Å². The number of hydrogen-bond acceptors (Lipinski definition) is 3. The standard InChI is InChI=1S/C6H6ClF2NOS/c7-6(8,9)4(11)3-5-10-1-2-12-5/h1-3H2. The normalized spacial score (nSPS) is 17.8. The third-order valence-corrected chi connectivity index (χ3v) is 2.48. The summed E-state index contributed by atoms with van der Waals surface area (Å²) in [5.74, 6) is -0.520. The van der Waals surface area contributed by atoms with Crippen LogP contribution in [0, 0.1) is 0 Å². The molecule has 68 valence electrons. The summed E-state index contributed by atoms with van der Waals surface area (Å²) >= 11 is 5.84. The molecule has 0 aromatic rings. The Balaban J connectivity index is 2.46. The van der Waals surface area contributed by atoms with E-state index >= 15 is 0 Å². The Hall–Kier alpha value is -0.160. The monoisotopic (exact) mass is 213 g/mol. The van der Waals surface area contributed by atoms with Gasteiger partial charge in [-0.2, -0.15) is 8.78 Å². The van der Waals surface area contributed by atoms with Gasteiger partial charge in [-0.05, 0) is 11.6 Å². The van der Waals surface area contributed by atoms with E-state index in [-0.39, 0.29) is 6.42 Å². The highest BCUT2D eigenvalue weighted by Gasteiger charge is 2.36. The molecular formula is C6H6ClF2NOS. The second-order valence-corrected chi connectivity index (χ2v) is 3.86. The number of halogens is 3. The Bertz CT molecular complexity index is 226. The molecule has 6 heteroatoms. The lowest BCUT2D eigenvalue weighted by Crippen LogP contribution is -2.22. The molecule has 0 fully saturated rings. The van der Waals surface area contributed by atoms with Gasteiger partial charge in [-0.25, -0.2) is 0 Å². The van der Waals surface area contributed by atoms with Gasteiger partial charge < -0.3 is 0 Å². The van der Waals surface area contributed by atoms with Crippen molar-refractivity contribution in [3.63, 3.8) is 0 Å². The van der Waals surface area contributed by atoms with Crippen molar-refractivity contribution in [3.8, 4) is 0 Å². The van der Waals surface area contributed by atoms with Gasteiger partial charge in [0.1, 0.15) is 0 Å². The molecule has 0 radical (unpaired) electrons. The molecule has 2 nitrogen and oxygen atoms in total. The minimum absolute atomic E-state index is 0.346. The molecule has 12 heavy (non-hydrogen) atoms. The Kier molecular flexibility index (Phi) is 3.06. The summed E-state index contributed by atoms with van der Waals surface area (Å²) in [7, 11) is 0. The van der Waals surface area contributed by atoms with E-state index in [4.69, 9.17) is 0 Å². The molecule has 1 heterocycles. The number of carbonyl (C=O) groups excluding carboxylic acids is 1. The average Bonchev–Trinajstić information content (AvgIpc) is 2.37. The van der Waals surface area contributed by atoms with E-state index in [9.17, 15) is 13.6 Å². The molecular weight excluding hydrogens is 208 g/mol. The number of thioether (sulfide) groups is 1. The Morgan fingerprint density at radius 2 is 2.42 bits per heavy atom. The number of alkyl halides is 3. The van der Waals surface area contributed by atoms with Crippen LogP contribution in [0.4, 0.5) is 8.78 Å². The first kappa shape index (κ1) is 9.92. The van der Waals surface area contributed by atoms with Gasteiger partial charge in [-0.3, -0.25) is 9.79 Å². The van der Waals surface area contributed by atoms with Crippen LogP contribution in [-0.2, 0) is 4.79 Å². The predicted molar refractivity (Wildman–Crippen MR) is 45.2 cm³/mol. The molecule has 0 unspecified atom stereocenters. The maximum absolute atomic E-state index is 12.1. The molecule has 0 N–H and O–H groups in total. The summed E-state index contributed by atoms with van der Waals surface area (Å²) in [4.78, 5) is 14.5. The second-order valence-electron chi connectivity index (χ2n) is 2.22. The van der Waals surface area contributed by atoms with Crippen molar-refractivity contribution in [2.75, 3.05) is 12.3 Å². The van der Waals surface area contributed by atoms with Crippen LogP contribution in [0.25, 0.3) is 0 Å². The van der Waals surface area contributed by atoms with E-state index in [1.54, 1.807) is 0 Å². The highest BCUT2D eigenvalue weighted by Crippen LogP contribution is 2.24. The predicted octanol–water partition coefficient (Wildman–Crippen LogP) is 1.92. The number of rotatable bonds is 3. The van der Waals surface area contributed by atoms with E-state index in [1.165, 1.54) is 11.8 Å². The van der Waals surface area contributed by atoms with Gasteiger partial charge in [0.15, 0.2) is 0 Å². The quantitative estimate of drug-likeness (QED) is 0.671. The molecule has 1 aliphatic rings. The minimum Gasteiger partial charge on any atom is -0.291 e. The molecule has 0 aromatic carbocycles. The first-order valence-corrected chi connectivity index (χ1v) is 4.62. The average molecular weight is 214 g/mol. The Labute approximate surface area is 77.4 Å². The number of hydrogen-bond donors (Lipinski definition) is 0. The van der Waals surface area contributed by atoms with Crippen LogP contribution in [0.15, 0.2) is 4.99 Å². The van der Waals surface area contributed by atoms with E-state index in [0.717, 1.165) is 5.75 Å². The van der Waals surface area contributed by atoms with Gasteiger partial charge in [-0.15, -0.1) is 11.8 Å². The zero-order valence-electron chi connectivity index (χ0n) is 6.02. The molecule has 0 bridgehead atoms. The van der Waals surface area contributed by atoms with Crippen molar-refractivity contribution in [2.45, 2.75) is 11.8 Å². The van der Waals surface area contributed by atoms with Crippen molar-refractivity contribution in [2.24, 2.45) is 4.99 Å². The summed E-state index contributed by atoms with van der Waals surface area (Å²) in [6.07, 6.45) is -0.346. The summed E-state index contributed by atoms with van der Waals surface area (Å²) in [6, 6.07) is 0. The van der Waals surface area contributed by atoms with Gasteiger partial charge in [0.05, 0.1) is 11.5 Å². The van der Waals surface area contributed by atoms with Crippen LogP contribution in [0.5, 0.6) is 0 Å². The fourth-order valence-corrected chi connectivity index (χ4v) is 1.62. The van der Waals surface area contributed by atoms with Crippen molar-refractivity contribution < 1.29 is 13.6 Å². The fraction of sp³-hybridized carbons (Fsp3) is 0.667. The number of ketones is 1. The van der Waals surface area contributed by atoms with Crippen molar-refractivity contribution in [3.05, 3.63) is 0 Å². The smallest absolute Gasteiger partial charge is 0.291 e. The van der Waals surface area contributed by atoms with Crippen LogP contribution < -0.4 is 0 Å². The van der Waals surface area contributed by atoms with E-state index in [1.807, 2.05) is 0 Å². The van der Waals surface area contributed by atoms with Crippen LogP contribution >= 0.6 is 23.4 Å². The van der Waals surface area contributed by atoms with E-state index in [0.29, 0.717) is 11.6 Å². The largest absolute Gasteiger partial charge is 0.380 e. The zero-order valence-corrected chi connectivity index (χ0v) is 7.59. The minimum atomic E-state index is -3.74. The number of nitrogens with zero attached hydrogens (tertiary/aromatic N) is 1. The number of carbonyl (C=O) groups is 1. The molecule has 0 aromatic heterocycles. The zero-order chi connectivity index (χ0) is 9.19. The lowest BCUT2D eigenvalue weighted by Gasteiger charge is -2.04. The first-order chi connectivity index (χ1) is 5.50. The molecule has 0 spiro atoms. The van der Waals surface area contributed by atoms with Crippen LogP contribution in [0.2, 0.25) is 0 Å². The molecule has 0 amide bonds. The fourth-order valence-electron chi connectivity index (χ4n) is 0.724. The summed E-state index contributed by atoms with van der Waals surface area (Å²) in [6.45, 7) is 0.598. The van der Waals surface area contributed by atoms with Gasteiger partial charge >= 0.3 is 5.38 Å². The Morgan fingerprint density at radius 1 is 1.75 bits per heavy atom. The molecule has 1 aliphatic heterocycles. The van der Waals surface area contributed by atoms with Gasteiger partial charge in [0.25, 0.3) is 0 Å². The SMILES string of the molecule is O=C(CC1=NCCS1)C(F)(F)Cl. The lowest BCUT2D eigenvalue weighted by molar-refractivity contribution is -0.131. The molecule has 1 rings (SSSR count). The van der Waals surface area contributed by atoms with E-state index in [2.05, 4.69) is 16.6 Å². The van der Waals surface area contributed by atoms with Crippen LogP contribution in [-0.4, -0.2) is 28.5 Å². The summed E-state index contributed by atoms with van der Waals surface area (Å²) < 4.78 is 24.2.